The van der Waals surface area contributed by atoms with E-state index >= 15 is 0 Å². The second-order valence-corrected chi connectivity index (χ2v) is 7.03. The number of carbonyl (C=O) groups excluding carboxylic acids is 1. The average molecular weight is 294 g/mol. The second kappa shape index (κ2) is 6.25. The Morgan fingerprint density at radius 3 is 2.52 bits per heavy atom. The predicted molar refractivity (Wildman–Crippen MR) is 83.2 cm³/mol. The third-order valence-corrected chi connectivity index (χ3v) is 5.30. The number of ether oxygens (including phenoxy) is 1. The molecule has 0 heterocycles. The summed E-state index contributed by atoms with van der Waals surface area (Å²) in [5, 5.41) is 3.66. The molecule has 0 aromatic carbocycles. The SMILES string of the molecule is CCOC(=O)C1(NC2CC2)CCCC(N(CC)C2CC2)C1. The molecule has 0 amide bonds. The Morgan fingerprint density at radius 2 is 1.95 bits per heavy atom. The number of esters is 1. The molecule has 0 bridgehead atoms. The molecule has 3 fully saturated rings. The number of rotatable bonds is 7. The van der Waals surface area contributed by atoms with Gasteiger partial charge in [0.1, 0.15) is 5.54 Å². The fourth-order valence-corrected chi connectivity index (χ4v) is 4.01. The van der Waals surface area contributed by atoms with Gasteiger partial charge in [-0.1, -0.05) is 6.92 Å². The summed E-state index contributed by atoms with van der Waals surface area (Å²) < 4.78 is 5.43. The van der Waals surface area contributed by atoms with E-state index in [9.17, 15) is 4.79 Å². The van der Waals surface area contributed by atoms with E-state index in [0.717, 1.165) is 31.8 Å². The van der Waals surface area contributed by atoms with Crippen LogP contribution in [-0.2, 0) is 9.53 Å². The maximum Gasteiger partial charge on any atom is 0.326 e. The lowest BCUT2D eigenvalue weighted by Crippen LogP contribution is -2.59. The second-order valence-electron chi connectivity index (χ2n) is 7.03. The van der Waals surface area contributed by atoms with E-state index in [-0.39, 0.29) is 5.97 Å². The van der Waals surface area contributed by atoms with Crippen LogP contribution in [0.25, 0.3) is 0 Å². The van der Waals surface area contributed by atoms with Gasteiger partial charge in [-0.05, 0) is 64.8 Å². The lowest BCUT2D eigenvalue weighted by molar-refractivity contribution is -0.154. The van der Waals surface area contributed by atoms with E-state index in [2.05, 4.69) is 17.1 Å². The molecule has 21 heavy (non-hydrogen) atoms. The lowest BCUT2D eigenvalue weighted by atomic mass is 9.78. The molecule has 2 atom stereocenters. The van der Waals surface area contributed by atoms with Crippen LogP contribution in [0.2, 0.25) is 0 Å². The van der Waals surface area contributed by atoms with Gasteiger partial charge in [0.15, 0.2) is 0 Å². The lowest BCUT2D eigenvalue weighted by Gasteiger charge is -2.43. The summed E-state index contributed by atoms with van der Waals surface area (Å²) in [6, 6.07) is 1.87. The average Bonchev–Trinajstić information content (AvgIpc) is 3.35. The maximum absolute atomic E-state index is 12.6. The monoisotopic (exact) mass is 294 g/mol. The van der Waals surface area contributed by atoms with Crippen LogP contribution in [0.5, 0.6) is 0 Å². The Labute approximate surface area is 128 Å². The molecule has 2 unspecified atom stereocenters. The Kier molecular flexibility index (Phi) is 4.55. The van der Waals surface area contributed by atoms with Crippen molar-refractivity contribution in [3.05, 3.63) is 0 Å². The molecule has 1 N–H and O–H groups in total. The molecule has 3 aliphatic carbocycles. The van der Waals surface area contributed by atoms with Gasteiger partial charge >= 0.3 is 5.97 Å². The summed E-state index contributed by atoms with van der Waals surface area (Å²) in [5.74, 6) is -0.00606. The molecule has 4 heteroatoms. The van der Waals surface area contributed by atoms with Crippen LogP contribution in [0.4, 0.5) is 0 Å². The Hall–Kier alpha value is -0.610. The largest absolute Gasteiger partial charge is 0.465 e. The van der Waals surface area contributed by atoms with Crippen molar-refractivity contribution in [2.24, 2.45) is 0 Å². The molecule has 0 aromatic heterocycles. The van der Waals surface area contributed by atoms with E-state index in [4.69, 9.17) is 4.74 Å². The minimum Gasteiger partial charge on any atom is -0.465 e. The van der Waals surface area contributed by atoms with Crippen molar-refractivity contribution in [2.75, 3.05) is 13.2 Å². The van der Waals surface area contributed by atoms with E-state index in [1.165, 1.54) is 32.1 Å². The first kappa shape index (κ1) is 15.3. The number of nitrogens with zero attached hydrogens (tertiary/aromatic N) is 1. The van der Waals surface area contributed by atoms with Crippen LogP contribution in [-0.4, -0.2) is 47.7 Å². The highest BCUT2D eigenvalue weighted by Gasteiger charge is 2.49. The highest BCUT2D eigenvalue weighted by molar-refractivity contribution is 5.81. The van der Waals surface area contributed by atoms with Crippen molar-refractivity contribution in [2.45, 2.75) is 88.9 Å². The van der Waals surface area contributed by atoms with Crippen LogP contribution in [0.15, 0.2) is 0 Å². The molecule has 3 rings (SSSR count). The summed E-state index contributed by atoms with van der Waals surface area (Å²) in [6.07, 6.45) is 9.36. The number of hydrogen-bond acceptors (Lipinski definition) is 4. The smallest absolute Gasteiger partial charge is 0.326 e. The number of hydrogen-bond donors (Lipinski definition) is 1. The van der Waals surface area contributed by atoms with Crippen LogP contribution < -0.4 is 5.32 Å². The molecule has 120 valence electrons. The van der Waals surface area contributed by atoms with Gasteiger partial charge < -0.3 is 4.74 Å². The highest BCUT2D eigenvalue weighted by atomic mass is 16.5. The van der Waals surface area contributed by atoms with Gasteiger partial charge in [0, 0.05) is 18.1 Å². The molecular formula is C17H30N2O2. The van der Waals surface area contributed by atoms with Gasteiger partial charge in [-0.25, -0.2) is 0 Å². The Balaban J connectivity index is 1.72. The Morgan fingerprint density at radius 1 is 1.19 bits per heavy atom. The summed E-state index contributed by atoms with van der Waals surface area (Å²) in [7, 11) is 0. The van der Waals surface area contributed by atoms with Gasteiger partial charge in [-0.2, -0.15) is 0 Å². The van der Waals surface area contributed by atoms with Gasteiger partial charge in [0.25, 0.3) is 0 Å². The van der Waals surface area contributed by atoms with Crippen LogP contribution >= 0.6 is 0 Å². The summed E-state index contributed by atoms with van der Waals surface area (Å²) in [6.45, 7) is 5.76. The number of carbonyl (C=O) groups is 1. The van der Waals surface area contributed by atoms with E-state index < -0.39 is 5.54 Å². The van der Waals surface area contributed by atoms with Crippen molar-refractivity contribution in [3.63, 3.8) is 0 Å². The molecular weight excluding hydrogens is 264 g/mol. The molecule has 0 radical (unpaired) electrons. The van der Waals surface area contributed by atoms with Crippen molar-refractivity contribution in [3.8, 4) is 0 Å². The fourth-order valence-electron chi connectivity index (χ4n) is 4.01. The molecule has 4 nitrogen and oxygen atoms in total. The van der Waals surface area contributed by atoms with Crippen molar-refractivity contribution >= 4 is 5.97 Å². The third-order valence-electron chi connectivity index (χ3n) is 5.30. The summed E-state index contributed by atoms with van der Waals surface area (Å²) in [5.41, 5.74) is -0.414. The first-order valence-corrected chi connectivity index (χ1v) is 8.89. The van der Waals surface area contributed by atoms with Crippen LogP contribution in [0.1, 0.15) is 65.2 Å². The molecule has 0 spiro atoms. The van der Waals surface area contributed by atoms with Crippen LogP contribution in [0.3, 0.4) is 0 Å². The van der Waals surface area contributed by atoms with Gasteiger partial charge in [-0.15, -0.1) is 0 Å². The van der Waals surface area contributed by atoms with Crippen LogP contribution in [0, 0.1) is 0 Å². The first-order valence-electron chi connectivity index (χ1n) is 8.89. The zero-order valence-electron chi connectivity index (χ0n) is 13.6. The minimum absolute atomic E-state index is 0.00606. The van der Waals surface area contributed by atoms with Gasteiger partial charge in [-0.3, -0.25) is 15.0 Å². The van der Waals surface area contributed by atoms with Crippen molar-refractivity contribution in [1.29, 1.82) is 0 Å². The fraction of sp³-hybridized carbons (Fsp3) is 0.941. The predicted octanol–water partition coefficient (Wildman–Crippen LogP) is 2.47. The van der Waals surface area contributed by atoms with E-state index in [1.807, 2.05) is 6.92 Å². The molecule has 0 aromatic rings. The molecule has 0 saturated heterocycles. The van der Waals surface area contributed by atoms with E-state index in [1.54, 1.807) is 0 Å². The maximum atomic E-state index is 12.6. The topological polar surface area (TPSA) is 41.6 Å². The normalized spacial score (nSPS) is 33.2. The van der Waals surface area contributed by atoms with Gasteiger partial charge in [0.05, 0.1) is 6.61 Å². The summed E-state index contributed by atoms with van der Waals surface area (Å²) in [4.78, 5) is 15.3. The quantitative estimate of drug-likeness (QED) is 0.732. The highest BCUT2D eigenvalue weighted by Crippen LogP contribution is 2.39. The van der Waals surface area contributed by atoms with Crippen molar-refractivity contribution in [1.82, 2.24) is 10.2 Å². The van der Waals surface area contributed by atoms with Gasteiger partial charge in [0.2, 0.25) is 0 Å². The third kappa shape index (κ3) is 3.42. The van der Waals surface area contributed by atoms with Crippen molar-refractivity contribution < 1.29 is 9.53 Å². The first-order chi connectivity index (χ1) is 10.2. The zero-order valence-corrected chi connectivity index (χ0v) is 13.6. The summed E-state index contributed by atoms with van der Waals surface area (Å²) >= 11 is 0. The minimum atomic E-state index is -0.414. The van der Waals surface area contributed by atoms with E-state index in [0.29, 0.717) is 18.7 Å². The Bertz CT molecular complexity index is 379. The number of nitrogens with one attached hydrogen (secondary N) is 1. The molecule has 0 aliphatic heterocycles. The molecule has 3 aliphatic rings. The molecule has 3 saturated carbocycles. The standard InChI is InChI=1S/C17H30N2O2/c1-3-19(14-9-10-14)15-6-5-11-17(12-15,16(20)21-4-2)18-13-7-8-13/h13-15,18H,3-12H2,1-2H3. The zero-order chi connectivity index (χ0) is 14.9.